The van der Waals surface area contributed by atoms with E-state index in [1.807, 2.05) is 6.92 Å². The van der Waals surface area contributed by atoms with Crippen LogP contribution in [0.25, 0.3) is 0 Å². The van der Waals surface area contributed by atoms with Gasteiger partial charge in [0.15, 0.2) is 0 Å². The number of nitrogens with one attached hydrogen (secondary N) is 1. The van der Waals surface area contributed by atoms with Crippen LogP contribution in [0.15, 0.2) is 76.1 Å². The van der Waals surface area contributed by atoms with E-state index in [1.165, 1.54) is 42.3 Å². The zero-order valence-corrected chi connectivity index (χ0v) is 26.3. The van der Waals surface area contributed by atoms with Crippen molar-refractivity contribution < 1.29 is 27.1 Å². The lowest BCUT2D eigenvalue weighted by Crippen LogP contribution is -2.52. The highest BCUT2D eigenvalue weighted by Crippen LogP contribution is 2.31. The molecule has 1 N–H and O–H groups in total. The number of methoxy groups -OCH3 is 1. The van der Waals surface area contributed by atoms with Crippen molar-refractivity contribution in [1.29, 1.82) is 0 Å². The number of sulfonamides is 1. The molecular formula is C31H35BrFN3O5S. The van der Waals surface area contributed by atoms with Gasteiger partial charge in [0.1, 0.15) is 24.2 Å². The standard InChI is InChI=1S/C31H35BrFN3O5S/c1-21-8-14-26(15-9-21)36(42(39,40)27-16-17-29(41-3)28(32)18-27)20-30(37)35(19-23-10-12-24(33)13-11-23)22(2)31(38)34-25-6-4-5-7-25/h8-18,22,25H,4-7,19-20H2,1-3H3,(H,34,38)/t22-/m1/s1. The summed E-state index contributed by atoms with van der Waals surface area (Å²) in [6, 6.07) is 16.0. The van der Waals surface area contributed by atoms with Crippen LogP contribution in [0.2, 0.25) is 0 Å². The van der Waals surface area contributed by atoms with Gasteiger partial charge in [-0.05, 0) is 90.6 Å². The van der Waals surface area contributed by atoms with Crippen molar-refractivity contribution in [3.63, 3.8) is 0 Å². The predicted octanol–water partition coefficient (Wildman–Crippen LogP) is 5.58. The van der Waals surface area contributed by atoms with E-state index in [-0.39, 0.29) is 23.4 Å². The van der Waals surface area contributed by atoms with E-state index >= 15 is 0 Å². The summed E-state index contributed by atoms with van der Waals surface area (Å²) in [5.74, 6) is -0.864. The number of ether oxygens (including phenoxy) is 1. The van der Waals surface area contributed by atoms with Crippen LogP contribution in [-0.4, -0.2) is 50.9 Å². The van der Waals surface area contributed by atoms with Crippen LogP contribution in [0.1, 0.15) is 43.7 Å². The maximum atomic E-state index is 14.0. The molecule has 0 heterocycles. The molecule has 0 spiro atoms. The van der Waals surface area contributed by atoms with E-state index in [4.69, 9.17) is 4.74 Å². The normalized spacial score (nSPS) is 14.3. The minimum absolute atomic E-state index is 0.00572. The van der Waals surface area contributed by atoms with E-state index in [9.17, 15) is 22.4 Å². The molecule has 42 heavy (non-hydrogen) atoms. The SMILES string of the molecule is COc1ccc(S(=O)(=O)N(CC(=O)N(Cc2ccc(F)cc2)[C@H](C)C(=O)NC2CCCC2)c2ccc(C)cc2)cc1Br. The minimum atomic E-state index is -4.24. The fourth-order valence-electron chi connectivity index (χ4n) is 4.94. The first-order valence-corrected chi connectivity index (χ1v) is 16.0. The lowest BCUT2D eigenvalue weighted by atomic mass is 10.1. The molecule has 0 saturated heterocycles. The zero-order chi connectivity index (χ0) is 30.4. The first-order chi connectivity index (χ1) is 20.0. The molecule has 4 rings (SSSR count). The second-order valence-electron chi connectivity index (χ2n) is 10.5. The number of anilines is 1. The fourth-order valence-corrected chi connectivity index (χ4v) is 7.07. The Morgan fingerprint density at radius 3 is 2.29 bits per heavy atom. The molecule has 0 radical (unpaired) electrons. The van der Waals surface area contributed by atoms with Crippen LogP contribution < -0.4 is 14.4 Å². The van der Waals surface area contributed by atoms with Crippen LogP contribution in [0.5, 0.6) is 5.75 Å². The number of benzene rings is 3. The molecule has 0 aromatic heterocycles. The number of aryl methyl sites for hydroxylation is 1. The average molecular weight is 661 g/mol. The van der Waals surface area contributed by atoms with Crippen molar-refractivity contribution in [2.24, 2.45) is 0 Å². The van der Waals surface area contributed by atoms with Gasteiger partial charge in [-0.1, -0.05) is 42.7 Å². The molecule has 1 saturated carbocycles. The maximum Gasteiger partial charge on any atom is 0.264 e. The number of hydrogen-bond donors (Lipinski definition) is 1. The minimum Gasteiger partial charge on any atom is -0.496 e. The van der Waals surface area contributed by atoms with Crippen molar-refractivity contribution in [3.8, 4) is 5.75 Å². The average Bonchev–Trinajstić information content (AvgIpc) is 3.48. The molecule has 8 nitrogen and oxygen atoms in total. The highest BCUT2D eigenvalue weighted by Gasteiger charge is 2.33. The Balaban J connectivity index is 1.69. The Kier molecular flexibility index (Phi) is 10.3. The van der Waals surface area contributed by atoms with Crippen molar-refractivity contribution in [3.05, 3.63) is 88.1 Å². The molecule has 1 atom stereocenters. The number of amides is 2. The molecule has 2 amide bonds. The second kappa shape index (κ2) is 13.7. The summed E-state index contributed by atoms with van der Waals surface area (Å²) < 4.78 is 48.4. The number of rotatable bonds is 11. The van der Waals surface area contributed by atoms with Gasteiger partial charge in [-0.3, -0.25) is 13.9 Å². The van der Waals surface area contributed by atoms with Crippen LogP contribution >= 0.6 is 15.9 Å². The van der Waals surface area contributed by atoms with E-state index in [0.29, 0.717) is 21.5 Å². The van der Waals surface area contributed by atoms with Gasteiger partial charge in [-0.25, -0.2) is 12.8 Å². The van der Waals surface area contributed by atoms with Crippen molar-refractivity contribution in [2.75, 3.05) is 18.0 Å². The molecule has 1 fully saturated rings. The Hall–Kier alpha value is -3.44. The summed E-state index contributed by atoms with van der Waals surface area (Å²) >= 11 is 3.35. The van der Waals surface area contributed by atoms with Crippen LogP contribution in [-0.2, 0) is 26.2 Å². The van der Waals surface area contributed by atoms with Gasteiger partial charge in [0, 0.05) is 12.6 Å². The highest BCUT2D eigenvalue weighted by atomic mass is 79.9. The highest BCUT2D eigenvalue weighted by molar-refractivity contribution is 9.10. The van der Waals surface area contributed by atoms with Gasteiger partial charge in [-0.15, -0.1) is 0 Å². The maximum absolute atomic E-state index is 14.0. The molecule has 3 aromatic rings. The Morgan fingerprint density at radius 1 is 1.05 bits per heavy atom. The number of hydrogen-bond acceptors (Lipinski definition) is 5. The predicted molar refractivity (Wildman–Crippen MR) is 163 cm³/mol. The Morgan fingerprint density at radius 2 is 1.69 bits per heavy atom. The summed E-state index contributed by atoms with van der Waals surface area (Å²) in [6.07, 6.45) is 3.81. The Bertz CT molecular complexity index is 1510. The quantitative estimate of drug-likeness (QED) is 0.290. The third-order valence-electron chi connectivity index (χ3n) is 7.45. The summed E-state index contributed by atoms with van der Waals surface area (Å²) in [6.45, 7) is 2.94. The van der Waals surface area contributed by atoms with E-state index in [2.05, 4.69) is 21.2 Å². The molecule has 224 valence electrons. The van der Waals surface area contributed by atoms with Gasteiger partial charge in [0.25, 0.3) is 10.0 Å². The van der Waals surface area contributed by atoms with Crippen molar-refractivity contribution in [2.45, 2.75) is 63.1 Å². The summed E-state index contributed by atoms with van der Waals surface area (Å²) in [4.78, 5) is 28.6. The van der Waals surface area contributed by atoms with Crippen LogP contribution in [0.4, 0.5) is 10.1 Å². The molecule has 0 unspecified atom stereocenters. The van der Waals surface area contributed by atoms with Gasteiger partial charge in [0.2, 0.25) is 11.8 Å². The lowest BCUT2D eigenvalue weighted by molar-refractivity contribution is -0.139. The zero-order valence-electron chi connectivity index (χ0n) is 23.8. The van der Waals surface area contributed by atoms with Gasteiger partial charge < -0.3 is 15.0 Å². The monoisotopic (exact) mass is 659 g/mol. The number of halogens is 2. The summed E-state index contributed by atoms with van der Waals surface area (Å²) in [5.41, 5.74) is 1.82. The number of nitrogens with zero attached hydrogens (tertiary/aromatic N) is 2. The van der Waals surface area contributed by atoms with Crippen LogP contribution in [0.3, 0.4) is 0 Å². The smallest absolute Gasteiger partial charge is 0.264 e. The van der Waals surface area contributed by atoms with Gasteiger partial charge >= 0.3 is 0 Å². The van der Waals surface area contributed by atoms with Crippen molar-refractivity contribution >= 4 is 43.5 Å². The van der Waals surface area contributed by atoms with Gasteiger partial charge in [-0.2, -0.15) is 0 Å². The van der Waals surface area contributed by atoms with E-state index in [0.717, 1.165) is 35.6 Å². The first-order valence-electron chi connectivity index (χ1n) is 13.8. The van der Waals surface area contributed by atoms with E-state index < -0.39 is 34.3 Å². The largest absolute Gasteiger partial charge is 0.496 e. The molecule has 11 heteroatoms. The molecular weight excluding hydrogens is 625 g/mol. The summed E-state index contributed by atoms with van der Waals surface area (Å²) in [5, 5.41) is 3.03. The fraction of sp³-hybridized carbons (Fsp3) is 0.355. The second-order valence-corrected chi connectivity index (χ2v) is 13.2. The number of carbonyl (C=O) groups is 2. The molecule has 0 aliphatic heterocycles. The molecule has 1 aliphatic carbocycles. The molecule has 0 bridgehead atoms. The summed E-state index contributed by atoms with van der Waals surface area (Å²) in [7, 11) is -2.76. The van der Waals surface area contributed by atoms with E-state index in [1.54, 1.807) is 43.3 Å². The van der Waals surface area contributed by atoms with Gasteiger partial charge in [0.05, 0.1) is 22.2 Å². The van der Waals surface area contributed by atoms with Crippen LogP contribution in [0, 0.1) is 12.7 Å². The third kappa shape index (κ3) is 7.49. The lowest BCUT2D eigenvalue weighted by Gasteiger charge is -2.32. The Labute approximate surface area is 255 Å². The first kappa shape index (κ1) is 31.5. The molecule has 1 aliphatic rings. The topological polar surface area (TPSA) is 96.0 Å². The number of carbonyl (C=O) groups excluding carboxylic acids is 2. The third-order valence-corrected chi connectivity index (χ3v) is 9.84. The van der Waals surface area contributed by atoms with Crippen molar-refractivity contribution in [1.82, 2.24) is 10.2 Å². The molecule has 3 aromatic carbocycles.